The fraction of sp³-hybridized carbons (Fsp3) is 0.412. The Bertz CT molecular complexity index is 740. The quantitative estimate of drug-likeness (QED) is 0.836. The minimum Gasteiger partial charge on any atom is -0.326 e. The molecule has 0 atom stereocenters. The average molecular weight is 346 g/mol. The number of aromatic nitrogens is 2. The van der Waals surface area contributed by atoms with Crippen molar-refractivity contribution in [1.29, 1.82) is 0 Å². The first-order valence-electron chi connectivity index (χ1n) is 7.86. The lowest BCUT2D eigenvalue weighted by Crippen LogP contribution is -2.17. The number of rotatable bonds is 6. The molecule has 0 unspecified atom stereocenters. The number of benzene rings is 1. The molecule has 0 aliphatic heterocycles. The van der Waals surface area contributed by atoms with Crippen molar-refractivity contribution < 1.29 is 9.59 Å². The van der Waals surface area contributed by atoms with E-state index in [1.807, 2.05) is 45.9 Å². The van der Waals surface area contributed by atoms with E-state index in [0.717, 1.165) is 21.8 Å². The van der Waals surface area contributed by atoms with Gasteiger partial charge in [-0.25, -0.2) is 0 Å². The van der Waals surface area contributed by atoms with Gasteiger partial charge in [-0.15, -0.1) is 10.2 Å². The number of hydrogen-bond donors (Lipinski definition) is 2. The first-order chi connectivity index (χ1) is 11.4. The van der Waals surface area contributed by atoms with Crippen molar-refractivity contribution >= 4 is 34.0 Å². The minimum atomic E-state index is -0.238. The molecule has 0 aliphatic rings. The SMILES string of the molecule is Cc1cccc(NC(=O)CCC(=O)Nc2nnc(C(C)C)s2)c1C. The molecule has 0 bridgehead atoms. The van der Waals surface area contributed by atoms with Gasteiger partial charge in [0.1, 0.15) is 5.01 Å². The maximum atomic E-state index is 12.0. The minimum absolute atomic E-state index is 0.104. The maximum Gasteiger partial charge on any atom is 0.226 e. The van der Waals surface area contributed by atoms with Crippen LogP contribution in [0.2, 0.25) is 0 Å². The number of nitrogens with zero attached hydrogens (tertiary/aromatic N) is 2. The normalized spacial score (nSPS) is 10.7. The molecule has 6 nitrogen and oxygen atoms in total. The molecule has 0 saturated carbocycles. The van der Waals surface area contributed by atoms with Gasteiger partial charge in [0.25, 0.3) is 0 Å². The van der Waals surface area contributed by atoms with Gasteiger partial charge < -0.3 is 10.6 Å². The summed E-state index contributed by atoms with van der Waals surface area (Å²) in [6.45, 7) is 7.98. The molecule has 2 amide bonds. The van der Waals surface area contributed by atoms with Crippen molar-refractivity contribution in [2.24, 2.45) is 0 Å². The first-order valence-corrected chi connectivity index (χ1v) is 8.67. The van der Waals surface area contributed by atoms with Gasteiger partial charge >= 0.3 is 0 Å². The summed E-state index contributed by atoms with van der Waals surface area (Å²) in [5.74, 6) is -0.145. The zero-order valence-corrected chi connectivity index (χ0v) is 15.2. The van der Waals surface area contributed by atoms with E-state index in [2.05, 4.69) is 20.8 Å². The van der Waals surface area contributed by atoms with E-state index in [4.69, 9.17) is 0 Å². The molecular weight excluding hydrogens is 324 g/mol. The molecule has 2 N–H and O–H groups in total. The highest BCUT2D eigenvalue weighted by Gasteiger charge is 2.12. The van der Waals surface area contributed by atoms with Gasteiger partial charge in [-0.1, -0.05) is 37.3 Å². The molecule has 128 valence electrons. The van der Waals surface area contributed by atoms with Crippen LogP contribution in [0.1, 0.15) is 48.7 Å². The van der Waals surface area contributed by atoms with Gasteiger partial charge in [0, 0.05) is 24.4 Å². The van der Waals surface area contributed by atoms with Crippen molar-refractivity contribution in [1.82, 2.24) is 10.2 Å². The molecular formula is C17H22N4O2S. The Labute approximate surface area is 145 Å². The molecule has 24 heavy (non-hydrogen) atoms. The highest BCUT2D eigenvalue weighted by molar-refractivity contribution is 7.15. The van der Waals surface area contributed by atoms with Gasteiger partial charge in [0.05, 0.1) is 0 Å². The largest absolute Gasteiger partial charge is 0.326 e. The van der Waals surface area contributed by atoms with Crippen LogP contribution in [0.5, 0.6) is 0 Å². The lowest BCUT2D eigenvalue weighted by atomic mass is 10.1. The van der Waals surface area contributed by atoms with Gasteiger partial charge in [-0.2, -0.15) is 0 Å². The summed E-state index contributed by atoms with van der Waals surface area (Å²) in [4.78, 5) is 23.9. The number of nitrogens with one attached hydrogen (secondary N) is 2. The Morgan fingerprint density at radius 1 is 1.08 bits per heavy atom. The Hall–Kier alpha value is -2.28. The summed E-state index contributed by atoms with van der Waals surface area (Å²) < 4.78 is 0. The zero-order valence-electron chi connectivity index (χ0n) is 14.3. The number of hydrogen-bond acceptors (Lipinski definition) is 5. The van der Waals surface area contributed by atoms with E-state index in [9.17, 15) is 9.59 Å². The predicted octanol–water partition coefficient (Wildman–Crippen LogP) is 3.64. The highest BCUT2D eigenvalue weighted by Crippen LogP contribution is 2.22. The molecule has 2 rings (SSSR count). The van der Waals surface area contributed by atoms with Crippen molar-refractivity contribution in [3.8, 4) is 0 Å². The van der Waals surface area contributed by atoms with E-state index in [0.29, 0.717) is 5.13 Å². The number of anilines is 2. The van der Waals surface area contributed by atoms with Crippen LogP contribution in [-0.4, -0.2) is 22.0 Å². The standard InChI is InChI=1S/C17H22N4O2S/c1-10(2)16-20-21-17(24-16)19-15(23)9-8-14(22)18-13-7-5-6-11(3)12(13)4/h5-7,10H,8-9H2,1-4H3,(H,18,22)(H,19,21,23). The summed E-state index contributed by atoms with van der Waals surface area (Å²) in [6, 6.07) is 5.74. The van der Waals surface area contributed by atoms with E-state index < -0.39 is 0 Å². The number of carbonyl (C=O) groups is 2. The van der Waals surface area contributed by atoms with Crippen LogP contribution in [0.25, 0.3) is 0 Å². The van der Waals surface area contributed by atoms with Crippen molar-refractivity contribution in [3.63, 3.8) is 0 Å². The summed E-state index contributed by atoms with van der Waals surface area (Å²) in [7, 11) is 0. The van der Waals surface area contributed by atoms with E-state index in [1.54, 1.807) is 0 Å². The van der Waals surface area contributed by atoms with Crippen LogP contribution in [0.3, 0.4) is 0 Å². The summed E-state index contributed by atoms with van der Waals surface area (Å²) in [5, 5.41) is 14.8. The molecule has 0 radical (unpaired) electrons. The van der Waals surface area contributed by atoms with Gasteiger partial charge in [-0.05, 0) is 31.0 Å². The van der Waals surface area contributed by atoms with Gasteiger partial charge in [-0.3, -0.25) is 9.59 Å². The van der Waals surface area contributed by atoms with Crippen LogP contribution in [-0.2, 0) is 9.59 Å². The van der Waals surface area contributed by atoms with Crippen LogP contribution >= 0.6 is 11.3 Å². The Morgan fingerprint density at radius 2 is 1.75 bits per heavy atom. The van der Waals surface area contributed by atoms with Crippen LogP contribution < -0.4 is 10.6 Å². The third kappa shape index (κ3) is 4.86. The Morgan fingerprint density at radius 3 is 2.38 bits per heavy atom. The summed E-state index contributed by atoms with van der Waals surface area (Å²) in [6.07, 6.45) is 0.225. The molecule has 1 heterocycles. The number of aryl methyl sites for hydroxylation is 1. The predicted molar refractivity (Wildman–Crippen MR) is 96.4 cm³/mol. The van der Waals surface area contributed by atoms with E-state index in [-0.39, 0.29) is 30.6 Å². The summed E-state index contributed by atoms with van der Waals surface area (Å²) in [5.41, 5.74) is 2.93. The van der Waals surface area contributed by atoms with Crippen molar-refractivity contribution in [3.05, 3.63) is 34.3 Å². The number of amides is 2. The molecule has 0 aliphatic carbocycles. The monoisotopic (exact) mass is 346 g/mol. The molecule has 0 spiro atoms. The molecule has 2 aromatic rings. The van der Waals surface area contributed by atoms with E-state index >= 15 is 0 Å². The topological polar surface area (TPSA) is 84.0 Å². The van der Waals surface area contributed by atoms with E-state index in [1.165, 1.54) is 11.3 Å². The van der Waals surface area contributed by atoms with Crippen molar-refractivity contribution in [2.45, 2.75) is 46.5 Å². The third-order valence-electron chi connectivity index (χ3n) is 3.64. The maximum absolute atomic E-state index is 12.0. The highest BCUT2D eigenvalue weighted by atomic mass is 32.1. The fourth-order valence-electron chi connectivity index (χ4n) is 2.03. The Kier molecular flexibility index (Phi) is 6.03. The third-order valence-corrected chi connectivity index (χ3v) is 4.78. The van der Waals surface area contributed by atoms with Crippen LogP contribution in [0, 0.1) is 13.8 Å². The zero-order chi connectivity index (χ0) is 17.7. The fourth-order valence-corrected chi connectivity index (χ4v) is 2.79. The molecule has 1 aromatic carbocycles. The second-order valence-corrected chi connectivity index (χ2v) is 6.95. The second-order valence-electron chi connectivity index (χ2n) is 5.94. The molecule has 1 aromatic heterocycles. The smallest absolute Gasteiger partial charge is 0.226 e. The lowest BCUT2D eigenvalue weighted by Gasteiger charge is -2.10. The van der Waals surface area contributed by atoms with Crippen LogP contribution in [0.4, 0.5) is 10.8 Å². The van der Waals surface area contributed by atoms with Crippen molar-refractivity contribution in [2.75, 3.05) is 10.6 Å². The Balaban J connectivity index is 1.82. The van der Waals surface area contributed by atoms with Gasteiger partial charge in [0.15, 0.2) is 0 Å². The summed E-state index contributed by atoms with van der Waals surface area (Å²) >= 11 is 1.36. The molecule has 0 fully saturated rings. The number of carbonyl (C=O) groups excluding carboxylic acids is 2. The van der Waals surface area contributed by atoms with Crippen LogP contribution in [0.15, 0.2) is 18.2 Å². The lowest BCUT2D eigenvalue weighted by molar-refractivity contribution is -0.121. The molecule has 7 heteroatoms. The average Bonchev–Trinajstić information content (AvgIpc) is 2.98. The van der Waals surface area contributed by atoms with Gasteiger partial charge in [0.2, 0.25) is 16.9 Å². The second kappa shape index (κ2) is 8.01. The molecule has 0 saturated heterocycles. The first kappa shape index (κ1) is 18.1.